The molecule has 0 spiro atoms. The van der Waals surface area contributed by atoms with Crippen LogP contribution in [0.1, 0.15) is 0 Å². The average molecular weight is 204 g/mol. The zero-order valence-electron chi connectivity index (χ0n) is 5.65. The van der Waals surface area contributed by atoms with Crippen LogP contribution in [-0.2, 0) is 0 Å². The topological polar surface area (TPSA) is 30.2 Å². The Balaban J connectivity index is 0.000000500. The summed E-state index contributed by atoms with van der Waals surface area (Å²) < 4.78 is 1.67. The number of hydrogen-bond acceptors (Lipinski definition) is 2. The third-order valence-corrected chi connectivity index (χ3v) is 1.10. The summed E-state index contributed by atoms with van der Waals surface area (Å²) in [6.45, 7) is 0. The van der Waals surface area contributed by atoms with Crippen molar-refractivity contribution >= 4 is 5.65 Å². The molecule has 0 aliphatic rings. The summed E-state index contributed by atoms with van der Waals surface area (Å²) in [6, 6.07) is 4.69. The Morgan fingerprint density at radius 2 is 2.40 bits per heavy atom. The normalized spacial score (nSPS) is 9.20. The fourth-order valence-electron chi connectivity index (χ4n) is 0.709. The van der Waals surface area contributed by atoms with E-state index in [1.165, 1.54) is 0 Å². The minimum Gasteiger partial charge on any atom is -0.404 e. The second kappa shape index (κ2) is 3.71. The van der Waals surface area contributed by atoms with Crippen molar-refractivity contribution in [3.63, 3.8) is 0 Å². The van der Waals surface area contributed by atoms with E-state index in [2.05, 4.69) is 16.1 Å². The van der Waals surface area contributed by atoms with Gasteiger partial charge in [0.1, 0.15) is 0 Å². The molecule has 4 heteroatoms. The van der Waals surface area contributed by atoms with Crippen molar-refractivity contribution in [3.8, 4) is 0 Å². The molecule has 44 valence electrons. The van der Waals surface area contributed by atoms with Crippen LogP contribution in [0, 0.1) is 6.07 Å². The molecule has 0 N–H and O–H groups in total. The first kappa shape index (κ1) is 8.52. The summed E-state index contributed by atoms with van der Waals surface area (Å²) in [5, 5.41) is 3.92. The van der Waals surface area contributed by atoms with Crippen molar-refractivity contribution in [2.24, 2.45) is 0 Å². The minimum atomic E-state index is 0. The average Bonchev–Trinajstić information content (AvgIpc) is 2.33. The van der Waals surface area contributed by atoms with Crippen LogP contribution in [-0.4, -0.2) is 14.6 Å². The van der Waals surface area contributed by atoms with E-state index >= 15 is 0 Å². The molecule has 0 aromatic carbocycles. The van der Waals surface area contributed by atoms with E-state index in [1.807, 2.05) is 12.3 Å². The number of nitrogens with zero attached hydrogens (tertiary/aromatic N) is 3. The number of rotatable bonds is 0. The molecule has 2 aromatic heterocycles. The van der Waals surface area contributed by atoms with Gasteiger partial charge in [-0.05, 0) is 11.7 Å². The van der Waals surface area contributed by atoms with Gasteiger partial charge in [-0.1, -0.05) is 0 Å². The van der Waals surface area contributed by atoms with E-state index in [9.17, 15) is 0 Å². The molecule has 0 saturated carbocycles. The van der Waals surface area contributed by atoms with Gasteiger partial charge in [-0.25, -0.2) is 5.10 Å². The summed E-state index contributed by atoms with van der Waals surface area (Å²) in [6.07, 6.45) is 5.15. The third kappa shape index (κ3) is 1.53. The summed E-state index contributed by atoms with van der Waals surface area (Å²) >= 11 is 0. The second-order valence-electron chi connectivity index (χ2n) is 1.68. The Hall–Kier alpha value is 0.425. The molecular weight excluding hydrogens is 200 g/mol. The van der Waals surface area contributed by atoms with E-state index in [0.717, 1.165) is 5.65 Å². The monoisotopic (exact) mass is 203 g/mol. The van der Waals surface area contributed by atoms with Crippen LogP contribution < -0.4 is 58.2 Å². The fourth-order valence-corrected chi connectivity index (χ4v) is 0.709. The number of aromatic nitrogens is 3. The van der Waals surface area contributed by atoms with Gasteiger partial charge in [-0.3, -0.25) is 9.50 Å². The van der Waals surface area contributed by atoms with Crippen LogP contribution in [0.25, 0.3) is 5.65 Å². The van der Waals surface area contributed by atoms with Crippen molar-refractivity contribution in [2.45, 2.75) is 0 Å². The van der Waals surface area contributed by atoms with Gasteiger partial charge in [0.2, 0.25) is 0 Å². The van der Waals surface area contributed by atoms with Gasteiger partial charge in [0.15, 0.2) is 0 Å². The Kier molecular flexibility index (Phi) is 3.16. The predicted molar refractivity (Wildman–Crippen MR) is 31.8 cm³/mol. The van der Waals surface area contributed by atoms with Crippen LogP contribution in [0.2, 0.25) is 0 Å². The first-order valence-electron chi connectivity index (χ1n) is 2.63. The molecule has 2 heterocycles. The molecule has 0 aliphatic heterocycles. The van der Waals surface area contributed by atoms with Crippen molar-refractivity contribution in [2.75, 3.05) is 0 Å². The molecule has 0 unspecified atom stereocenters. The van der Waals surface area contributed by atoms with Crippen molar-refractivity contribution in [3.05, 3.63) is 30.7 Å². The van der Waals surface area contributed by atoms with Crippen molar-refractivity contribution in [1.82, 2.24) is 14.6 Å². The Bertz CT molecular complexity index is 287. The maximum absolute atomic E-state index is 3.99. The summed E-state index contributed by atoms with van der Waals surface area (Å²) in [5.74, 6) is 0. The van der Waals surface area contributed by atoms with Crippen LogP contribution in [0.4, 0.5) is 0 Å². The fraction of sp³-hybridized carbons (Fsp3) is 0. The van der Waals surface area contributed by atoms with Crippen molar-refractivity contribution < 1.29 is 58.2 Å². The molecular formula is C6H4N3Rb. The minimum absolute atomic E-state index is 0. The third-order valence-electron chi connectivity index (χ3n) is 1.10. The molecule has 2 rings (SSSR count). The summed E-state index contributed by atoms with van der Waals surface area (Å²) in [7, 11) is 0. The summed E-state index contributed by atoms with van der Waals surface area (Å²) in [4.78, 5) is 3.99. The van der Waals surface area contributed by atoms with Crippen LogP contribution in [0.3, 0.4) is 0 Å². The number of hydrogen-bond donors (Lipinski definition) is 0. The van der Waals surface area contributed by atoms with Gasteiger partial charge in [0.05, 0.1) is 0 Å². The Labute approximate surface area is 107 Å². The van der Waals surface area contributed by atoms with E-state index in [4.69, 9.17) is 0 Å². The smallest absolute Gasteiger partial charge is 0.404 e. The first-order valence-corrected chi connectivity index (χ1v) is 2.63. The van der Waals surface area contributed by atoms with Gasteiger partial charge < -0.3 is 6.07 Å². The van der Waals surface area contributed by atoms with Crippen LogP contribution in [0.5, 0.6) is 0 Å². The summed E-state index contributed by atoms with van der Waals surface area (Å²) in [5.41, 5.74) is 0.762. The van der Waals surface area contributed by atoms with E-state index in [0.29, 0.717) is 0 Å². The number of fused-ring (bicyclic) bond motifs is 1. The molecule has 0 aliphatic carbocycles. The van der Waals surface area contributed by atoms with Gasteiger partial charge in [-0.2, -0.15) is 0 Å². The molecule has 3 nitrogen and oxygen atoms in total. The van der Waals surface area contributed by atoms with Gasteiger partial charge in [0.25, 0.3) is 0 Å². The van der Waals surface area contributed by atoms with Gasteiger partial charge in [-0.15, -0.1) is 6.20 Å². The molecule has 0 amide bonds. The largest absolute Gasteiger partial charge is 1.00 e. The van der Waals surface area contributed by atoms with Crippen LogP contribution >= 0.6 is 0 Å². The van der Waals surface area contributed by atoms with E-state index < -0.39 is 0 Å². The molecule has 0 atom stereocenters. The maximum Gasteiger partial charge on any atom is 1.00 e. The van der Waals surface area contributed by atoms with E-state index in [1.54, 1.807) is 16.9 Å². The van der Waals surface area contributed by atoms with Crippen LogP contribution in [0.15, 0.2) is 24.7 Å². The predicted octanol–water partition coefficient (Wildman–Crippen LogP) is -2.47. The molecule has 10 heavy (non-hydrogen) atoms. The molecule has 0 bridgehead atoms. The van der Waals surface area contributed by atoms with Crippen molar-refractivity contribution in [1.29, 1.82) is 0 Å². The quantitative estimate of drug-likeness (QED) is 0.445. The Morgan fingerprint density at radius 3 is 3.20 bits per heavy atom. The van der Waals surface area contributed by atoms with Gasteiger partial charge >= 0.3 is 58.2 Å². The zero-order valence-corrected chi connectivity index (χ0v) is 10.6. The zero-order chi connectivity index (χ0) is 6.10. The molecule has 0 radical (unpaired) electrons. The van der Waals surface area contributed by atoms with E-state index in [-0.39, 0.29) is 58.2 Å². The van der Waals surface area contributed by atoms with Gasteiger partial charge in [0, 0.05) is 12.4 Å². The maximum atomic E-state index is 3.99. The standard InChI is InChI=1S/C6H4N3.Rb/c1-3-7-6-2-4-8-9(6)5-1;/h1,3-5H;/q-1;+1. The molecule has 0 saturated heterocycles. The Morgan fingerprint density at radius 1 is 1.50 bits per heavy atom. The SMILES string of the molecule is [Rb+].[c-]1cnn2cccnc12. The molecule has 2 aromatic rings. The second-order valence-corrected chi connectivity index (χ2v) is 1.68. The molecule has 0 fully saturated rings. The first-order chi connectivity index (χ1) is 4.47.